The number of carbonyl (C=O) groups excluding carboxylic acids is 1. The van der Waals surface area contributed by atoms with Crippen molar-refractivity contribution in [3.63, 3.8) is 0 Å². The van der Waals surface area contributed by atoms with Gasteiger partial charge in [0.2, 0.25) is 0 Å². The summed E-state index contributed by atoms with van der Waals surface area (Å²) >= 11 is 0. The number of benzene rings is 1. The highest BCUT2D eigenvalue weighted by Gasteiger charge is 2.49. The predicted molar refractivity (Wildman–Crippen MR) is 90.1 cm³/mol. The van der Waals surface area contributed by atoms with E-state index in [9.17, 15) is 26.4 Å². The van der Waals surface area contributed by atoms with Crippen LogP contribution in [0.25, 0.3) is 0 Å². The Kier molecular flexibility index (Phi) is 5.70. The molecule has 25 heavy (non-hydrogen) atoms. The molecule has 0 aliphatic carbocycles. The van der Waals surface area contributed by atoms with Crippen molar-refractivity contribution in [3.05, 3.63) is 18.2 Å². The molecular formula is C15H21F3O5SSi. The van der Waals surface area contributed by atoms with Gasteiger partial charge in [0, 0.05) is 0 Å². The third-order valence-corrected chi connectivity index (χ3v) is 6.04. The molecule has 5 nitrogen and oxygen atoms in total. The zero-order valence-electron chi connectivity index (χ0n) is 14.8. The molecule has 0 amide bonds. The molecule has 0 unspecified atom stereocenters. The third kappa shape index (κ3) is 5.21. The van der Waals surface area contributed by atoms with E-state index < -0.39 is 40.8 Å². The van der Waals surface area contributed by atoms with E-state index >= 15 is 0 Å². The maximum atomic E-state index is 12.7. The van der Waals surface area contributed by atoms with Gasteiger partial charge in [0.1, 0.15) is 0 Å². The zero-order chi connectivity index (χ0) is 19.8. The van der Waals surface area contributed by atoms with Gasteiger partial charge in [0.15, 0.2) is 11.5 Å². The Morgan fingerprint density at radius 1 is 1.08 bits per heavy atom. The molecule has 0 aromatic heterocycles. The lowest BCUT2D eigenvalue weighted by atomic mass is 9.97. The minimum atomic E-state index is -5.90. The highest BCUT2D eigenvalue weighted by atomic mass is 32.2. The van der Waals surface area contributed by atoms with Gasteiger partial charge in [-0.15, -0.1) is 0 Å². The number of alkyl halides is 3. The quantitative estimate of drug-likeness (QED) is 0.256. The summed E-state index contributed by atoms with van der Waals surface area (Å²) in [5, 5.41) is 0.291. The van der Waals surface area contributed by atoms with E-state index in [2.05, 4.69) is 4.18 Å². The van der Waals surface area contributed by atoms with Crippen molar-refractivity contribution in [2.75, 3.05) is 0 Å². The molecule has 10 heteroatoms. The van der Waals surface area contributed by atoms with Gasteiger partial charge in [-0.1, -0.05) is 31.8 Å². The second-order valence-corrected chi connectivity index (χ2v) is 14.1. The van der Waals surface area contributed by atoms with Crippen molar-refractivity contribution in [1.82, 2.24) is 0 Å². The monoisotopic (exact) mass is 398 g/mol. The van der Waals surface area contributed by atoms with Crippen LogP contribution in [0.1, 0.15) is 20.8 Å². The summed E-state index contributed by atoms with van der Waals surface area (Å²) in [7, 11) is -8.21. The largest absolute Gasteiger partial charge is 0.534 e. The fraction of sp³-hybridized carbons (Fsp3) is 0.533. The SMILES string of the molecule is CC(C)(C)C(=O)Oc1cccc([Si](C)(C)C)c1OS(=O)(=O)C(F)(F)F. The average molecular weight is 398 g/mol. The Morgan fingerprint density at radius 3 is 2.00 bits per heavy atom. The minimum absolute atomic E-state index is 0.291. The molecule has 0 saturated heterocycles. The van der Waals surface area contributed by atoms with Crippen LogP contribution >= 0.6 is 0 Å². The van der Waals surface area contributed by atoms with E-state index in [-0.39, 0.29) is 5.75 Å². The highest BCUT2D eigenvalue weighted by Crippen LogP contribution is 2.34. The maximum absolute atomic E-state index is 12.7. The molecule has 0 fully saturated rings. The molecule has 0 radical (unpaired) electrons. The smallest absolute Gasteiger partial charge is 0.422 e. The summed E-state index contributed by atoms with van der Waals surface area (Å²) in [6.45, 7) is 10.1. The van der Waals surface area contributed by atoms with Gasteiger partial charge in [-0.3, -0.25) is 4.79 Å². The van der Waals surface area contributed by atoms with Gasteiger partial charge >= 0.3 is 21.6 Å². The number of rotatable bonds is 4. The number of hydrogen-bond acceptors (Lipinski definition) is 5. The van der Waals surface area contributed by atoms with E-state index in [4.69, 9.17) is 4.74 Å². The molecule has 0 saturated carbocycles. The fourth-order valence-electron chi connectivity index (χ4n) is 1.68. The lowest BCUT2D eigenvalue weighted by molar-refractivity contribution is -0.143. The maximum Gasteiger partial charge on any atom is 0.534 e. The Balaban J connectivity index is 3.53. The molecule has 1 aromatic rings. The first-order valence-electron chi connectivity index (χ1n) is 7.33. The molecule has 1 aromatic carbocycles. The molecule has 0 spiro atoms. The van der Waals surface area contributed by atoms with E-state index in [0.717, 1.165) is 0 Å². The van der Waals surface area contributed by atoms with Crippen molar-refractivity contribution in [2.45, 2.75) is 45.9 Å². The minimum Gasteiger partial charge on any atom is -0.422 e. The Hall–Kier alpha value is -1.55. The molecule has 0 atom stereocenters. The van der Waals surface area contributed by atoms with Gasteiger partial charge < -0.3 is 8.92 Å². The van der Waals surface area contributed by atoms with Crippen molar-refractivity contribution < 1.29 is 35.3 Å². The highest BCUT2D eigenvalue weighted by molar-refractivity contribution is 7.88. The first-order valence-corrected chi connectivity index (χ1v) is 12.2. The molecule has 0 aliphatic rings. The van der Waals surface area contributed by atoms with Crippen molar-refractivity contribution >= 4 is 29.3 Å². The Bertz CT molecular complexity index is 759. The summed E-state index contributed by atoms with van der Waals surface area (Å²) in [5.74, 6) is -1.67. The molecule has 1 rings (SSSR count). The summed E-state index contributed by atoms with van der Waals surface area (Å²) in [6.07, 6.45) is 0. The topological polar surface area (TPSA) is 69.7 Å². The summed E-state index contributed by atoms with van der Waals surface area (Å²) < 4.78 is 70.6. The summed E-state index contributed by atoms with van der Waals surface area (Å²) in [4.78, 5) is 12.1. The van der Waals surface area contributed by atoms with Crippen LogP contribution in [0.3, 0.4) is 0 Å². The van der Waals surface area contributed by atoms with Gasteiger partial charge in [-0.25, -0.2) is 0 Å². The van der Waals surface area contributed by atoms with Crippen LogP contribution in [0.2, 0.25) is 19.6 Å². The molecular weight excluding hydrogens is 377 g/mol. The number of halogens is 3. The second kappa shape index (κ2) is 6.64. The lowest BCUT2D eigenvalue weighted by Crippen LogP contribution is -2.41. The van der Waals surface area contributed by atoms with Gasteiger partial charge in [0.05, 0.1) is 13.5 Å². The summed E-state index contributed by atoms with van der Waals surface area (Å²) in [5.41, 5.74) is -6.53. The second-order valence-electron chi connectivity index (χ2n) is 7.51. The van der Waals surface area contributed by atoms with Crippen molar-refractivity contribution in [1.29, 1.82) is 0 Å². The average Bonchev–Trinajstić information content (AvgIpc) is 2.36. The normalized spacial score (nSPS) is 13.5. The lowest BCUT2D eigenvalue weighted by Gasteiger charge is -2.24. The molecule has 0 heterocycles. The number of hydrogen-bond donors (Lipinski definition) is 0. The standard InChI is InChI=1S/C15H21F3O5SSi/c1-14(2,3)13(19)22-10-8-7-9-11(25(4,5)6)12(10)23-24(20,21)15(16,17)18/h7-9H,1-6H3. The van der Waals surface area contributed by atoms with Gasteiger partial charge in [-0.05, 0) is 32.0 Å². The van der Waals surface area contributed by atoms with Crippen LogP contribution in [0.5, 0.6) is 11.5 Å². The van der Waals surface area contributed by atoms with Crippen LogP contribution in [0, 0.1) is 5.41 Å². The number of esters is 1. The van der Waals surface area contributed by atoms with Crippen LogP contribution in [-0.4, -0.2) is 28.0 Å². The zero-order valence-corrected chi connectivity index (χ0v) is 16.6. The van der Waals surface area contributed by atoms with E-state index in [1.165, 1.54) is 18.2 Å². The predicted octanol–water partition coefficient (Wildman–Crippen LogP) is 3.41. The van der Waals surface area contributed by atoms with E-state index in [0.29, 0.717) is 5.19 Å². The molecule has 0 aliphatic heterocycles. The first kappa shape index (κ1) is 21.5. The number of carbonyl (C=O) groups is 1. The van der Waals surface area contributed by atoms with Crippen LogP contribution in [0.4, 0.5) is 13.2 Å². The number of ether oxygens (including phenoxy) is 1. The molecule has 142 valence electrons. The Labute approximate surface area is 146 Å². The van der Waals surface area contributed by atoms with Crippen LogP contribution < -0.4 is 14.1 Å². The van der Waals surface area contributed by atoms with Gasteiger partial charge in [0.25, 0.3) is 0 Å². The first-order chi connectivity index (χ1) is 11.0. The van der Waals surface area contributed by atoms with Crippen LogP contribution in [-0.2, 0) is 14.9 Å². The van der Waals surface area contributed by atoms with Crippen molar-refractivity contribution in [3.8, 4) is 11.5 Å². The molecule has 0 bridgehead atoms. The van der Waals surface area contributed by atoms with Gasteiger partial charge in [-0.2, -0.15) is 21.6 Å². The van der Waals surface area contributed by atoms with Crippen molar-refractivity contribution in [2.24, 2.45) is 5.41 Å². The fourth-order valence-corrected chi connectivity index (χ4v) is 3.69. The molecule has 0 N–H and O–H groups in total. The van der Waals surface area contributed by atoms with E-state index in [1.807, 2.05) is 0 Å². The third-order valence-electron chi connectivity index (χ3n) is 3.08. The number of para-hydroxylation sites is 1. The van der Waals surface area contributed by atoms with Crippen LogP contribution in [0.15, 0.2) is 18.2 Å². The van der Waals surface area contributed by atoms with E-state index in [1.54, 1.807) is 40.4 Å². The Morgan fingerprint density at radius 2 is 1.60 bits per heavy atom. The summed E-state index contributed by atoms with van der Waals surface area (Å²) in [6, 6.07) is 4.16.